The number of rotatable bonds is 3. The van der Waals surface area contributed by atoms with E-state index < -0.39 is 0 Å². The van der Waals surface area contributed by atoms with E-state index in [1.807, 2.05) is 6.92 Å². The van der Waals surface area contributed by atoms with Gasteiger partial charge >= 0.3 is 6.01 Å². The van der Waals surface area contributed by atoms with Crippen LogP contribution >= 0.6 is 11.6 Å². The molecular weight excluding hydrogens is 292 g/mol. The molecule has 3 rings (SSSR count). The number of halogens is 1. The number of ether oxygens (including phenoxy) is 1. The highest BCUT2D eigenvalue weighted by molar-refractivity contribution is 6.30. The summed E-state index contributed by atoms with van der Waals surface area (Å²) in [6, 6.07) is 5.37. The molecule has 1 aromatic carbocycles. The summed E-state index contributed by atoms with van der Waals surface area (Å²) in [7, 11) is 0. The van der Waals surface area contributed by atoms with Crippen LogP contribution in [-0.2, 0) is 0 Å². The van der Waals surface area contributed by atoms with Crippen molar-refractivity contribution in [2.75, 3.05) is 5.73 Å². The Morgan fingerprint density at radius 3 is 2.81 bits per heavy atom. The summed E-state index contributed by atoms with van der Waals surface area (Å²) in [5, 5.41) is 0.633. The van der Waals surface area contributed by atoms with Gasteiger partial charge in [-0.1, -0.05) is 11.6 Å². The number of anilines is 1. The summed E-state index contributed by atoms with van der Waals surface area (Å²) >= 11 is 5.91. The number of nitrogen functional groups attached to an aromatic ring is 1. The predicted octanol–water partition coefficient (Wildman–Crippen LogP) is 2.39. The van der Waals surface area contributed by atoms with Gasteiger partial charge in [-0.2, -0.15) is 15.0 Å². The standard InChI is InChI=1S/C13H11ClN6O/c1-8-6-9(14)2-3-10(8)21-13-18-11(15)17-12(19-13)20-5-4-16-7-20/h2-7H,1H3,(H2,15,17,18,19). The largest absolute Gasteiger partial charge is 0.424 e. The van der Waals surface area contributed by atoms with Crippen LogP contribution in [0.5, 0.6) is 11.8 Å². The van der Waals surface area contributed by atoms with Crippen LogP contribution in [0.2, 0.25) is 5.02 Å². The molecule has 0 aliphatic heterocycles. The van der Waals surface area contributed by atoms with Crippen molar-refractivity contribution in [2.45, 2.75) is 6.92 Å². The molecule has 7 nitrogen and oxygen atoms in total. The highest BCUT2D eigenvalue weighted by Crippen LogP contribution is 2.25. The Morgan fingerprint density at radius 2 is 2.10 bits per heavy atom. The first-order chi connectivity index (χ1) is 10.1. The average molecular weight is 303 g/mol. The minimum atomic E-state index is 0.0651. The number of hydrogen-bond donors (Lipinski definition) is 1. The Balaban J connectivity index is 1.95. The van der Waals surface area contributed by atoms with Crippen molar-refractivity contribution in [2.24, 2.45) is 0 Å². The first-order valence-corrected chi connectivity index (χ1v) is 6.43. The maximum atomic E-state index is 5.91. The molecule has 0 saturated heterocycles. The van der Waals surface area contributed by atoms with Crippen LogP contribution in [0.25, 0.3) is 5.95 Å². The van der Waals surface area contributed by atoms with E-state index in [0.717, 1.165) is 5.56 Å². The number of aryl methyl sites for hydroxylation is 1. The molecule has 2 N–H and O–H groups in total. The lowest BCUT2D eigenvalue weighted by Gasteiger charge is -2.08. The summed E-state index contributed by atoms with van der Waals surface area (Å²) in [5.41, 5.74) is 6.55. The molecule has 106 valence electrons. The number of benzene rings is 1. The molecule has 0 spiro atoms. The molecule has 0 aliphatic carbocycles. The maximum Gasteiger partial charge on any atom is 0.328 e. The molecule has 0 unspecified atom stereocenters. The predicted molar refractivity (Wildman–Crippen MR) is 77.6 cm³/mol. The molecule has 0 saturated carbocycles. The van der Waals surface area contributed by atoms with E-state index in [2.05, 4.69) is 19.9 Å². The normalized spacial score (nSPS) is 10.6. The van der Waals surface area contributed by atoms with E-state index in [1.165, 1.54) is 0 Å². The van der Waals surface area contributed by atoms with E-state index in [9.17, 15) is 0 Å². The van der Waals surface area contributed by atoms with Crippen LogP contribution < -0.4 is 10.5 Å². The molecule has 8 heteroatoms. The van der Waals surface area contributed by atoms with E-state index in [4.69, 9.17) is 22.1 Å². The van der Waals surface area contributed by atoms with Gasteiger partial charge in [-0.15, -0.1) is 0 Å². The molecule has 21 heavy (non-hydrogen) atoms. The van der Waals surface area contributed by atoms with Crippen LogP contribution in [0.3, 0.4) is 0 Å². The third-order valence-corrected chi connectivity index (χ3v) is 2.93. The van der Waals surface area contributed by atoms with Crippen LogP contribution in [0.4, 0.5) is 5.95 Å². The molecular formula is C13H11ClN6O. The average Bonchev–Trinajstić information content (AvgIpc) is 2.95. The van der Waals surface area contributed by atoms with Crippen molar-refractivity contribution in [3.05, 3.63) is 47.5 Å². The van der Waals surface area contributed by atoms with Crippen molar-refractivity contribution in [1.82, 2.24) is 24.5 Å². The Bertz CT molecular complexity index is 774. The third-order valence-electron chi connectivity index (χ3n) is 2.69. The van der Waals surface area contributed by atoms with Gasteiger partial charge in [0.15, 0.2) is 0 Å². The third kappa shape index (κ3) is 2.92. The van der Waals surface area contributed by atoms with Crippen molar-refractivity contribution in [3.63, 3.8) is 0 Å². The minimum absolute atomic E-state index is 0.0651. The first kappa shape index (κ1) is 13.3. The molecule has 0 bridgehead atoms. The fourth-order valence-corrected chi connectivity index (χ4v) is 1.95. The van der Waals surface area contributed by atoms with Gasteiger partial charge in [-0.05, 0) is 30.7 Å². The second kappa shape index (κ2) is 5.37. The first-order valence-electron chi connectivity index (χ1n) is 6.06. The zero-order valence-corrected chi connectivity index (χ0v) is 11.8. The summed E-state index contributed by atoms with van der Waals surface area (Å²) in [5.74, 6) is 0.999. The zero-order valence-electron chi connectivity index (χ0n) is 11.1. The molecule has 0 fully saturated rings. The quantitative estimate of drug-likeness (QED) is 0.798. The number of hydrogen-bond acceptors (Lipinski definition) is 6. The van der Waals surface area contributed by atoms with Crippen molar-refractivity contribution in [1.29, 1.82) is 0 Å². The maximum absolute atomic E-state index is 5.91. The zero-order chi connectivity index (χ0) is 14.8. The number of nitrogens with two attached hydrogens (primary N) is 1. The van der Waals surface area contributed by atoms with Crippen LogP contribution in [0.1, 0.15) is 5.56 Å². The van der Waals surface area contributed by atoms with Gasteiger partial charge in [0.2, 0.25) is 11.9 Å². The molecule has 3 aromatic rings. The van der Waals surface area contributed by atoms with Gasteiger partial charge in [0, 0.05) is 17.4 Å². The van der Waals surface area contributed by atoms with E-state index >= 15 is 0 Å². The molecule has 0 atom stereocenters. The fraction of sp³-hybridized carbons (Fsp3) is 0.0769. The molecule has 2 heterocycles. The Labute approximate surface area is 125 Å². The fourth-order valence-electron chi connectivity index (χ4n) is 1.73. The lowest BCUT2D eigenvalue weighted by Crippen LogP contribution is -2.06. The monoisotopic (exact) mass is 302 g/mol. The van der Waals surface area contributed by atoms with E-state index in [1.54, 1.807) is 41.5 Å². The topological polar surface area (TPSA) is 91.7 Å². The molecule has 2 aromatic heterocycles. The summed E-state index contributed by atoms with van der Waals surface area (Å²) in [6.07, 6.45) is 4.88. The smallest absolute Gasteiger partial charge is 0.328 e. The van der Waals surface area contributed by atoms with Gasteiger partial charge < -0.3 is 10.5 Å². The number of nitrogens with zero attached hydrogens (tertiary/aromatic N) is 5. The molecule has 0 radical (unpaired) electrons. The lowest BCUT2D eigenvalue weighted by molar-refractivity contribution is 0.436. The lowest BCUT2D eigenvalue weighted by atomic mass is 10.2. The van der Waals surface area contributed by atoms with Gasteiger partial charge in [0.05, 0.1) is 0 Å². The highest BCUT2D eigenvalue weighted by Gasteiger charge is 2.09. The van der Waals surface area contributed by atoms with Gasteiger partial charge in [0.25, 0.3) is 0 Å². The Morgan fingerprint density at radius 1 is 1.24 bits per heavy atom. The summed E-state index contributed by atoms with van der Waals surface area (Å²) in [6.45, 7) is 1.88. The number of aromatic nitrogens is 5. The molecule has 0 amide bonds. The highest BCUT2D eigenvalue weighted by atomic mass is 35.5. The van der Waals surface area contributed by atoms with E-state index in [0.29, 0.717) is 16.7 Å². The summed E-state index contributed by atoms with van der Waals surface area (Å²) < 4.78 is 7.26. The van der Waals surface area contributed by atoms with Crippen LogP contribution in [-0.4, -0.2) is 24.5 Å². The minimum Gasteiger partial charge on any atom is -0.424 e. The van der Waals surface area contributed by atoms with Crippen LogP contribution in [0.15, 0.2) is 36.9 Å². The SMILES string of the molecule is Cc1cc(Cl)ccc1Oc1nc(N)nc(-n2ccnc2)n1. The van der Waals surface area contributed by atoms with Gasteiger partial charge in [-0.3, -0.25) is 4.57 Å². The van der Waals surface area contributed by atoms with E-state index in [-0.39, 0.29) is 12.0 Å². The Hall–Kier alpha value is -2.67. The van der Waals surface area contributed by atoms with Crippen molar-refractivity contribution < 1.29 is 4.74 Å². The van der Waals surface area contributed by atoms with Crippen molar-refractivity contribution in [3.8, 4) is 17.7 Å². The van der Waals surface area contributed by atoms with Gasteiger partial charge in [-0.25, -0.2) is 4.98 Å². The van der Waals surface area contributed by atoms with Gasteiger partial charge in [0.1, 0.15) is 12.1 Å². The van der Waals surface area contributed by atoms with Crippen LogP contribution in [0, 0.1) is 6.92 Å². The second-order valence-electron chi connectivity index (χ2n) is 4.26. The number of imidazole rings is 1. The van der Waals surface area contributed by atoms with Crippen molar-refractivity contribution >= 4 is 17.5 Å². The molecule has 0 aliphatic rings. The second-order valence-corrected chi connectivity index (χ2v) is 4.69. The summed E-state index contributed by atoms with van der Waals surface area (Å²) in [4.78, 5) is 16.1. The Kier molecular flexibility index (Phi) is 3.41.